The van der Waals surface area contributed by atoms with Gasteiger partial charge in [-0.05, 0) is 36.4 Å². The Kier molecular flexibility index (Phi) is 3.00. The van der Waals surface area contributed by atoms with Crippen LogP contribution in [0.25, 0.3) is 11.5 Å². The van der Waals surface area contributed by atoms with Gasteiger partial charge in [0.1, 0.15) is 12.4 Å². The first-order chi connectivity index (χ1) is 10.8. The fourth-order valence-electron chi connectivity index (χ4n) is 2.22. The van der Waals surface area contributed by atoms with Crippen LogP contribution >= 0.6 is 0 Å². The van der Waals surface area contributed by atoms with E-state index in [1.165, 1.54) is 12.1 Å². The van der Waals surface area contributed by atoms with E-state index >= 15 is 0 Å². The third-order valence-corrected chi connectivity index (χ3v) is 3.32. The first-order valence-corrected chi connectivity index (χ1v) is 6.77. The Balaban J connectivity index is 1.59. The Labute approximate surface area is 125 Å². The molecule has 0 spiro atoms. The molecule has 22 heavy (non-hydrogen) atoms. The molecule has 0 amide bonds. The summed E-state index contributed by atoms with van der Waals surface area (Å²) in [5.41, 5.74) is 0.650. The van der Waals surface area contributed by atoms with E-state index in [4.69, 9.17) is 13.9 Å². The average Bonchev–Trinajstić information content (AvgIpc) is 3.05. The number of para-hydroxylation sites is 2. The summed E-state index contributed by atoms with van der Waals surface area (Å²) in [4.78, 5) is 0. The van der Waals surface area contributed by atoms with Crippen molar-refractivity contribution in [2.45, 2.75) is 6.10 Å². The number of aromatic nitrogens is 2. The van der Waals surface area contributed by atoms with E-state index in [1.807, 2.05) is 24.3 Å². The third-order valence-electron chi connectivity index (χ3n) is 3.32. The summed E-state index contributed by atoms with van der Waals surface area (Å²) in [5.74, 6) is 1.66. The quantitative estimate of drug-likeness (QED) is 0.726. The number of fused-ring (bicyclic) bond motifs is 1. The maximum Gasteiger partial charge on any atom is 0.260 e. The molecule has 0 aliphatic carbocycles. The molecule has 1 aromatic heterocycles. The number of ether oxygens (including phenoxy) is 2. The molecule has 0 N–H and O–H groups in total. The normalized spacial score (nSPS) is 16.5. The monoisotopic (exact) mass is 298 g/mol. The van der Waals surface area contributed by atoms with Gasteiger partial charge in [-0.1, -0.05) is 12.1 Å². The van der Waals surface area contributed by atoms with Crippen LogP contribution < -0.4 is 9.47 Å². The van der Waals surface area contributed by atoms with Gasteiger partial charge in [0.15, 0.2) is 11.5 Å². The van der Waals surface area contributed by atoms with E-state index in [-0.39, 0.29) is 5.82 Å². The lowest BCUT2D eigenvalue weighted by atomic mass is 10.2. The van der Waals surface area contributed by atoms with Crippen LogP contribution in [-0.2, 0) is 0 Å². The lowest BCUT2D eigenvalue weighted by Crippen LogP contribution is -2.21. The van der Waals surface area contributed by atoms with Crippen LogP contribution in [0, 0.1) is 5.82 Å². The van der Waals surface area contributed by atoms with Crippen molar-refractivity contribution in [1.29, 1.82) is 0 Å². The minimum Gasteiger partial charge on any atom is -0.485 e. The predicted octanol–water partition coefficient (Wildman–Crippen LogP) is 3.39. The van der Waals surface area contributed by atoms with Crippen LogP contribution in [0.5, 0.6) is 11.5 Å². The van der Waals surface area contributed by atoms with Crippen molar-refractivity contribution < 1.29 is 18.3 Å². The van der Waals surface area contributed by atoms with E-state index in [2.05, 4.69) is 10.2 Å². The maximum absolute atomic E-state index is 12.9. The molecular formula is C16H11FN2O3. The van der Waals surface area contributed by atoms with Gasteiger partial charge in [-0.3, -0.25) is 0 Å². The van der Waals surface area contributed by atoms with Gasteiger partial charge >= 0.3 is 0 Å². The summed E-state index contributed by atoms with van der Waals surface area (Å²) in [6.07, 6.45) is -0.461. The molecule has 2 aromatic carbocycles. The molecule has 4 rings (SSSR count). The molecule has 5 nitrogen and oxygen atoms in total. The van der Waals surface area contributed by atoms with Crippen LogP contribution in [-0.4, -0.2) is 16.8 Å². The number of halogens is 1. The molecule has 0 saturated heterocycles. The number of hydrogen-bond acceptors (Lipinski definition) is 5. The number of hydrogen-bond donors (Lipinski definition) is 0. The minimum atomic E-state index is -0.461. The molecule has 1 atom stereocenters. The molecule has 6 heteroatoms. The summed E-state index contributed by atoms with van der Waals surface area (Å²) in [5, 5.41) is 7.97. The molecule has 2 heterocycles. The Morgan fingerprint density at radius 3 is 2.55 bits per heavy atom. The van der Waals surface area contributed by atoms with Crippen molar-refractivity contribution >= 4 is 0 Å². The largest absolute Gasteiger partial charge is 0.485 e. The van der Waals surface area contributed by atoms with E-state index in [0.29, 0.717) is 35.5 Å². The van der Waals surface area contributed by atoms with E-state index in [1.54, 1.807) is 12.1 Å². The highest BCUT2D eigenvalue weighted by Gasteiger charge is 2.27. The zero-order valence-corrected chi connectivity index (χ0v) is 11.4. The Bertz CT molecular complexity index is 801. The highest BCUT2D eigenvalue weighted by molar-refractivity contribution is 5.52. The summed E-state index contributed by atoms with van der Waals surface area (Å²) >= 11 is 0. The Morgan fingerprint density at radius 2 is 1.73 bits per heavy atom. The fourth-order valence-corrected chi connectivity index (χ4v) is 2.22. The van der Waals surface area contributed by atoms with E-state index in [9.17, 15) is 4.39 Å². The number of benzene rings is 2. The first kappa shape index (κ1) is 12.8. The Morgan fingerprint density at radius 1 is 0.955 bits per heavy atom. The molecule has 0 fully saturated rings. The molecule has 110 valence electrons. The number of nitrogens with zero attached hydrogens (tertiary/aromatic N) is 2. The molecular weight excluding hydrogens is 287 g/mol. The second-order valence-electron chi connectivity index (χ2n) is 4.82. The summed E-state index contributed by atoms with van der Waals surface area (Å²) in [6, 6.07) is 13.2. The zero-order valence-electron chi connectivity index (χ0n) is 11.4. The van der Waals surface area contributed by atoms with Gasteiger partial charge in [-0.2, -0.15) is 0 Å². The van der Waals surface area contributed by atoms with Crippen LogP contribution in [0.2, 0.25) is 0 Å². The topological polar surface area (TPSA) is 57.4 Å². The van der Waals surface area contributed by atoms with Crippen molar-refractivity contribution in [3.63, 3.8) is 0 Å². The Hall–Kier alpha value is -2.89. The lowest BCUT2D eigenvalue weighted by Gasteiger charge is -2.23. The first-order valence-electron chi connectivity index (χ1n) is 6.77. The van der Waals surface area contributed by atoms with Crippen molar-refractivity contribution in [1.82, 2.24) is 10.2 Å². The molecule has 1 unspecified atom stereocenters. The van der Waals surface area contributed by atoms with Crippen LogP contribution in [0.4, 0.5) is 4.39 Å². The second-order valence-corrected chi connectivity index (χ2v) is 4.82. The van der Waals surface area contributed by atoms with Gasteiger partial charge in [-0.25, -0.2) is 4.39 Å². The summed E-state index contributed by atoms with van der Waals surface area (Å²) in [7, 11) is 0. The average molecular weight is 298 g/mol. The van der Waals surface area contributed by atoms with Gasteiger partial charge in [0, 0.05) is 5.56 Å². The van der Waals surface area contributed by atoms with Gasteiger partial charge in [-0.15, -0.1) is 10.2 Å². The molecule has 1 aliphatic heterocycles. The van der Waals surface area contributed by atoms with Gasteiger partial charge < -0.3 is 13.9 Å². The van der Waals surface area contributed by atoms with Crippen molar-refractivity contribution in [3.05, 3.63) is 60.2 Å². The van der Waals surface area contributed by atoms with Crippen LogP contribution in [0.15, 0.2) is 52.9 Å². The standard InChI is InChI=1S/C16H11FN2O3/c17-11-7-5-10(6-8-11)15-18-19-16(22-15)14-9-20-12-3-1-2-4-13(12)21-14/h1-8,14H,9H2. The van der Waals surface area contributed by atoms with Gasteiger partial charge in [0.2, 0.25) is 12.0 Å². The van der Waals surface area contributed by atoms with Crippen molar-refractivity contribution in [2.24, 2.45) is 0 Å². The second kappa shape index (κ2) is 5.14. The molecule has 0 radical (unpaired) electrons. The summed E-state index contributed by atoms with van der Waals surface area (Å²) < 4.78 is 30.0. The third kappa shape index (κ3) is 2.28. The van der Waals surface area contributed by atoms with Gasteiger partial charge in [0.25, 0.3) is 5.89 Å². The lowest BCUT2D eigenvalue weighted by molar-refractivity contribution is 0.0716. The maximum atomic E-state index is 12.9. The molecule has 3 aromatic rings. The highest BCUT2D eigenvalue weighted by Crippen LogP contribution is 2.35. The van der Waals surface area contributed by atoms with Crippen LogP contribution in [0.3, 0.4) is 0 Å². The predicted molar refractivity (Wildman–Crippen MR) is 75.0 cm³/mol. The van der Waals surface area contributed by atoms with E-state index < -0.39 is 6.10 Å². The van der Waals surface area contributed by atoms with Crippen molar-refractivity contribution in [3.8, 4) is 23.0 Å². The summed E-state index contributed by atoms with van der Waals surface area (Å²) in [6.45, 7) is 0.294. The van der Waals surface area contributed by atoms with Crippen LogP contribution in [0.1, 0.15) is 12.0 Å². The highest BCUT2D eigenvalue weighted by atomic mass is 19.1. The fraction of sp³-hybridized carbons (Fsp3) is 0.125. The van der Waals surface area contributed by atoms with E-state index in [0.717, 1.165) is 0 Å². The molecule has 0 saturated carbocycles. The van der Waals surface area contributed by atoms with Gasteiger partial charge in [0.05, 0.1) is 0 Å². The SMILES string of the molecule is Fc1ccc(-c2nnc(C3COc4ccccc4O3)o2)cc1. The molecule has 0 bridgehead atoms. The zero-order chi connectivity index (χ0) is 14.9. The number of rotatable bonds is 2. The smallest absolute Gasteiger partial charge is 0.260 e. The minimum absolute atomic E-state index is 0.294. The van der Waals surface area contributed by atoms with Crippen molar-refractivity contribution in [2.75, 3.05) is 6.61 Å². The molecule has 1 aliphatic rings.